The molecule has 1 aliphatic heterocycles. The molecule has 1 aromatic carbocycles. The average Bonchev–Trinajstić information content (AvgIpc) is 2.51. The zero-order valence-corrected chi connectivity index (χ0v) is 8.67. The van der Waals surface area contributed by atoms with Crippen LogP contribution in [-0.4, -0.2) is 5.66 Å². The van der Waals surface area contributed by atoms with Crippen molar-refractivity contribution in [1.29, 1.82) is 0 Å². The van der Waals surface area contributed by atoms with E-state index in [-0.39, 0.29) is 5.66 Å². The summed E-state index contributed by atoms with van der Waals surface area (Å²) < 4.78 is 0. The van der Waals surface area contributed by atoms with Crippen LogP contribution in [0.4, 0.5) is 11.4 Å². The highest BCUT2D eigenvalue weighted by atomic mass is 15.2. The maximum Gasteiger partial charge on any atom is 0.124 e. The molecule has 0 unspecified atom stereocenters. The number of nitrogens with one attached hydrogen (secondary N) is 2. The third-order valence-corrected chi connectivity index (χ3v) is 2.40. The van der Waals surface area contributed by atoms with Crippen molar-refractivity contribution >= 4 is 11.4 Å². The standard InChI is InChI=1S/C12H16N2/c1-3-4-9-12(2)13-10-7-5-6-8-11(10)14-12/h4-9,13-14H,3H2,1-2H3. The van der Waals surface area contributed by atoms with E-state index in [1.54, 1.807) is 0 Å². The average molecular weight is 188 g/mol. The Morgan fingerprint density at radius 3 is 2.29 bits per heavy atom. The number of para-hydroxylation sites is 2. The fourth-order valence-electron chi connectivity index (χ4n) is 1.73. The largest absolute Gasteiger partial charge is 0.358 e. The van der Waals surface area contributed by atoms with E-state index >= 15 is 0 Å². The van der Waals surface area contributed by atoms with Gasteiger partial charge in [-0.3, -0.25) is 0 Å². The van der Waals surface area contributed by atoms with E-state index in [0.717, 1.165) is 6.42 Å². The monoisotopic (exact) mass is 188 g/mol. The van der Waals surface area contributed by atoms with Crippen LogP contribution >= 0.6 is 0 Å². The zero-order chi connectivity index (χ0) is 10.0. The quantitative estimate of drug-likeness (QED) is 0.696. The first-order chi connectivity index (χ1) is 6.73. The predicted octanol–water partition coefficient (Wildman–Crippen LogP) is 3.21. The highest BCUT2D eigenvalue weighted by Crippen LogP contribution is 2.33. The second kappa shape index (κ2) is 3.37. The fraction of sp³-hybridized carbons (Fsp3) is 0.333. The number of allylic oxidation sites excluding steroid dienone is 1. The van der Waals surface area contributed by atoms with E-state index in [9.17, 15) is 0 Å². The van der Waals surface area contributed by atoms with Gasteiger partial charge in [0.15, 0.2) is 0 Å². The van der Waals surface area contributed by atoms with Crippen molar-refractivity contribution in [1.82, 2.24) is 0 Å². The van der Waals surface area contributed by atoms with Gasteiger partial charge in [-0.1, -0.05) is 25.1 Å². The maximum atomic E-state index is 3.45. The minimum atomic E-state index is -0.125. The van der Waals surface area contributed by atoms with Gasteiger partial charge in [-0.05, 0) is 31.6 Å². The first-order valence-corrected chi connectivity index (χ1v) is 5.06. The summed E-state index contributed by atoms with van der Waals surface area (Å²) >= 11 is 0. The molecule has 0 fully saturated rings. The van der Waals surface area contributed by atoms with Crippen molar-refractivity contribution in [2.75, 3.05) is 10.6 Å². The summed E-state index contributed by atoms with van der Waals surface area (Å²) in [5.41, 5.74) is 2.23. The molecular formula is C12H16N2. The van der Waals surface area contributed by atoms with Crippen LogP contribution in [-0.2, 0) is 0 Å². The van der Waals surface area contributed by atoms with Gasteiger partial charge in [0.1, 0.15) is 5.66 Å². The van der Waals surface area contributed by atoms with Crippen LogP contribution in [0.25, 0.3) is 0 Å². The summed E-state index contributed by atoms with van der Waals surface area (Å²) in [6, 6.07) is 8.27. The molecule has 2 nitrogen and oxygen atoms in total. The molecule has 1 heterocycles. The van der Waals surface area contributed by atoms with Gasteiger partial charge >= 0.3 is 0 Å². The summed E-state index contributed by atoms with van der Waals surface area (Å²) in [6.45, 7) is 4.28. The lowest BCUT2D eigenvalue weighted by molar-refractivity contribution is 0.754. The summed E-state index contributed by atoms with van der Waals surface area (Å²) in [5.74, 6) is 0. The Morgan fingerprint density at radius 2 is 1.79 bits per heavy atom. The van der Waals surface area contributed by atoms with Gasteiger partial charge in [0.25, 0.3) is 0 Å². The Balaban J connectivity index is 2.21. The minimum absolute atomic E-state index is 0.125. The number of anilines is 2. The first-order valence-electron chi connectivity index (χ1n) is 5.06. The Hall–Kier alpha value is -1.44. The second-order valence-corrected chi connectivity index (χ2v) is 3.81. The lowest BCUT2D eigenvalue weighted by atomic mass is 10.2. The molecule has 2 rings (SSSR count). The molecule has 0 saturated heterocycles. The minimum Gasteiger partial charge on any atom is -0.358 e. The van der Waals surface area contributed by atoms with Crippen molar-refractivity contribution < 1.29 is 0 Å². The van der Waals surface area contributed by atoms with E-state index in [0.29, 0.717) is 0 Å². The first kappa shape index (κ1) is 9.13. The molecule has 0 amide bonds. The van der Waals surface area contributed by atoms with Gasteiger partial charge in [-0.25, -0.2) is 0 Å². The lowest BCUT2D eigenvalue weighted by Crippen LogP contribution is -2.35. The Kier molecular flexibility index (Phi) is 2.20. The molecule has 1 aromatic rings. The molecule has 0 spiro atoms. The maximum absolute atomic E-state index is 3.45. The third-order valence-electron chi connectivity index (χ3n) is 2.40. The Labute approximate surface area is 85.0 Å². The number of hydrogen-bond donors (Lipinski definition) is 2. The molecule has 2 N–H and O–H groups in total. The molecule has 1 aliphatic rings. The molecule has 0 radical (unpaired) electrons. The highest BCUT2D eigenvalue weighted by molar-refractivity contribution is 5.76. The fourth-order valence-corrected chi connectivity index (χ4v) is 1.73. The van der Waals surface area contributed by atoms with Crippen LogP contribution in [0.15, 0.2) is 36.4 Å². The summed E-state index contributed by atoms with van der Waals surface area (Å²) in [4.78, 5) is 0. The molecule has 0 bridgehead atoms. The lowest BCUT2D eigenvalue weighted by Gasteiger charge is -2.21. The van der Waals surface area contributed by atoms with Crippen molar-refractivity contribution in [3.8, 4) is 0 Å². The molecular weight excluding hydrogens is 172 g/mol. The van der Waals surface area contributed by atoms with E-state index in [1.807, 2.05) is 12.1 Å². The number of hydrogen-bond acceptors (Lipinski definition) is 2. The van der Waals surface area contributed by atoms with Crippen molar-refractivity contribution in [3.05, 3.63) is 36.4 Å². The van der Waals surface area contributed by atoms with E-state index in [1.165, 1.54) is 11.4 Å². The van der Waals surface area contributed by atoms with Crippen LogP contribution in [0.3, 0.4) is 0 Å². The van der Waals surface area contributed by atoms with Crippen LogP contribution in [0, 0.1) is 0 Å². The molecule has 2 heteroatoms. The Morgan fingerprint density at radius 1 is 1.21 bits per heavy atom. The molecule has 0 atom stereocenters. The molecule has 14 heavy (non-hydrogen) atoms. The van der Waals surface area contributed by atoms with Gasteiger partial charge in [0.05, 0.1) is 11.4 Å². The van der Waals surface area contributed by atoms with Crippen molar-refractivity contribution in [2.24, 2.45) is 0 Å². The van der Waals surface area contributed by atoms with Crippen LogP contribution in [0.2, 0.25) is 0 Å². The van der Waals surface area contributed by atoms with Gasteiger partial charge in [-0.15, -0.1) is 0 Å². The predicted molar refractivity (Wildman–Crippen MR) is 61.5 cm³/mol. The normalized spacial score (nSPS) is 17.6. The van der Waals surface area contributed by atoms with E-state index in [4.69, 9.17) is 0 Å². The van der Waals surface area contributed by atoms with Crippen molar-refractivity contribution in [3.63, 3.8) is 0 Å². The summed E-state index contributed by atoms with van der Waals surface area (Å²) in [5, 5.41) is 6.90. The van der Waals surface area contributed by atoms with Gasteiger partial charge < -0.3 is 10.6 Å². The van der Waals surface area contributed by atoms with E-state index in [2.05, 4.69) is 48.8 Å². The summed E-state index contributed by atoms with van der Waals surface area (Å²) in [6.07, 6.45) is 5.41. The van der Waals surface area contributed by atoms with Crippen LogP contribution in [0.5, 0.6) is 0 Å². The number of fused-ring (bicyclic) bond motifs is 1. The van der Waals surface area contributed by atoms with E-state index < -0.39 is 0 Å². The third kappa shape index (κ3) is 1.60. The topological polar surface area (TPSA) is 24.1 Å². The molecule has 0 saturated carbocycles. The van der Waals surface area contributed by atoms with Crippen LogP contribution in [0.1, 0.15) is 20.3 Å². The highest BCUT2D eigenvalue weighted by Gasteiger charge is 2.27. The van der Waals surface area contributed by atoms with Gasteiger partial charge in [0.2, 0.25) is 0 Å². The van der Waals surface area contributed by atoms with Gasteiger partial charge in [0, 0.05) is 0 Å². The van der Waals surface area contributed by atoms with Crippen LogP contribution < -0.4 is 10.6 Å². The summed E-state index contributed by atoms with van der Waals surface area (Å²) in [7, 11) is 0. The Bertz CT molecular complexity index is 330. The molecule has 0 aromatic heterocycles. The zero-order valence-electron chi connectivity index (χ0n) is 8.67. The van der Waals surface area contributed by atoms with Gasteiger partial charge in [-0.2, -0.15) is 0 Å². The molecule has 0 aliphatic carbocycles. The van der Waals surface area contributed by atoms with Crippen molar-refractivity contribution in [2.45, 2.75) is 25.9 Å². The smallest absolute Gasteiger partial charge is 0.124 e. The second-order valence-electron chi connectivity index (χ2n) is 3.81. The molecule has 74 valence electrons. The number of rotatable bonds is 2. The SMILES string of the molecule is CCC=CC1(C)Nc2ccccc2N1. The number of benzene rings is 1.